The van der Waals surface area contributed by atoms with E-state index in [0.717, 1.165) is 18.7 Å². The minimum Gasteiger partial charge on any atom is -0.370 e. The summed E-state index contributed by atoms with van der Waals surface area (Å²) in [5.41, 5.74) is 8.52. The summed E-state index contributed by atoms with van der Waals surface area (Å²) in [6, 6.07) is 0.604. The Labute approximate surface area is 121 Å². The van der Waals surface area contributed by atoms with Gasteiger partial charge in [0.25, 0.3) is 0 Å². The first-order valence-corrected chi connectivity index (χ1v) is 7.38. The smallest absolute Gasteiger partial charge is 0.192 e. The molecule has 2 atom stereocenters. The Hall–Kier alpha value is -1.52. The second-order valence-electron chi connectivity index (χ2n) is 6.74. The second kappa shape index (κ2) is 5.11. The number of guanidine groups is 1. The van der Waals surface area contributed by atoms with Crippen LogP contribution in [0.5, 0.6) is 0 Å². The lowest BCUT2D eigenvalue weighted by atomic mass is 9.87. The molecule has 2 heterocycles. The molecule has 0 amide bonds. The van der Waals surface area contributed by atoms with Crippen molar-refractivity contribution >= 4 is 5.96 Å². The van der Waals surface area contributed by atoms with Crippen molar-refractivity contribution in [2.45, 2.75) is 58.5 Å². The van der Waals surface area contributed by atoms with Crippen molar-refractivity contribution < 1.29 is 0 Å². The highest BCUT2D eigenvalue weighted by molar-refractivity contribution is 5.80. The molecule has 0 aliphatic carbocycles. The van der Waals surface area contributed by atoms with E-state index in [1.807, 2.05) is 11.7 Å². The monoisotopic (exact) mass is 277 g/mol. The lowest BCUT2D eigenvalue weighted by Crippen LogP contribution is -2.42. The second-order valence-corrected chi connectivity index (χ2v) is 6.74. The van der Waals surface area contributed by atoms with Gasteiger partial charge in [-0.25, -0.2) is 0 Å². The number of aliphatic imine (C=N–C) groups is 1. The summed E-state index contributed by atoms with van der Waals surface area (Å²) in [6.07, 6.45) is 3.17. The summed E-state index contributed by atoms with van der Waals surface area (Å²) >= 11 is 0. The highest BCUT2D eigenvalue weighted by atomic mass is 15.3. The molecular weight excluding hydrogens is 250 g/mol. The van der Waals surface area contributed by atoms with Gasteiger partial charge >= 0.3 is 0 Å². The van der Waals surface area contributed by atoms with Gasteiger partial charge in [-0.15, -0.1) is 0 Å². The first-order chi connectivity index (χ1) is 9.25. The lowest BCUT2D eigenvalue weighted by molar-refractivity contribution is 0.266. The van der Waals surface area contributed by atoms with Crippen molar-refractivity contribution in [2.24, 2.45) is 17.8 Å². The molecule has 0 aromatic carbocycles. The Morgan fingerprint density at radius 1 is 1.45 bits per heavy atom. The van der Waals surface area contributed by atoms with Crippen LogP contribution in [0.15, 0.2) is 11.2 Å². The van der Waals surface area contributed by atoms with Gasteiger partial charge in [-0.2, -0.15) is 5.10 Å². The van der Waals surface area contributed by atoms with E-state index >= 15 is 0 Å². The van der Waals surface area contributed by atoms with Crippen LogP contribution in [0.4, 0.5) is 0 Å². The van der Waals surface area contributed by atoms with Crippen LogP contribution in [-0.4, -0.2) is 33.2 Å². The van der Waals surface area contributed by atoms with Crippen LogP contribution in [-0.2, 0) is 12.5 Å². The fourth-order valence-electron chi connectivity index (χ4n) is 2.82. The van der Waals surface area contributed by atoms with Crippen LogP contribution in [0.25, 0.3) is 0 Å². The topological polar surface area (TPSA) is 59.4 Å². The van der Waals surface area contributed by atoms with Gasteiger partial charge in [0.1, 0.15) is 0 Å². The Bertz CT molecular complexity index is 509. The largest absolute Gasteiger partial charge is 0.370 e. The zero-order valence-corrected chi connectivity index (χ0v) is 13.5. The standard InChI is InChI=1S/C15H27N5/c1-7-10(2)20-12(8-17-14(20)16)11-9-19(6)18-13(11)15(3,4)5/h9-10,12H,7-8H2,1-6H3,(H2,16,17). The fourth-order valence-corrected chi connectivity index (χ4v) is 2.82. The van der Waals surface area contributed by atoms with Gasteiger partial charge in [0.05, 0.1) is 18.3 Å². The van der Waals surface area contributed by atoms with E-state index in [9.17, 15) is 0 Å². The molecule has 20 heavy (non-hydrogen) atoms. The molecule has 0 fully saturated rings. The number of aromatic nitrogens is 2. The van der Waals surface area contributed by atoms with Crippen LogP contribution in [0.2, 0.25) is 0 Å². The van der Waals surface area contributed by atoms with Gasteiger partial charge < -0.3 is 10.6 Å². The molecule has 112 valence electrons. The normalized spacial score (nSPS) is 21.2. The van der Waals surface area contributed by atoms with E-state index in [4.69, 9.17) is 5.73 Å². The number of hydrogen-bond donors (Lipinski definition) is 1. The Morgan fingerprint density at radius 2 is 2.10 bits per heavy atom. The van der Waals surface area contributed by atoms with Crippen LogP contribution in [0.1, 0.15) is 58.3 Å². The van der Waals surface area contributed by atoms with E-state index in [-0.39, 0.29) is 11.5 Å². The van der Waals surface area contributed by atoms with Gasteiger partial charge in [-0.1, -0.05) is 27.7 Å². The van der Waals surface area contributed by atoms with E-state index in [1.165, 1.54) is 5.56 Å². The molecule has 1 aromatic heterocycles. The van der Waals surface area contributed by atoms with E-state index < -0.39 is 0 Å². The lowest BCUT2D eigenvalue weighted by Gasteiger charge is -2.32. The summed E-state index contributed by atoms with van der Waals surface area (Å²) < 4.78 is 1.90. The minimum absolute atomic E-state index is 0.0229. The van der Waals surface area contributed by atoms with Gasteiger partial charge in [-0.3, -0.25) is 9.67 Å². The molecule has 1 aliphatic rings. The van der Waals surface area contributed by atoms with Crippen molar-refractivity contribution in [2.75, 3.05) is 6.54 Å². The van der Waals surface area contributed by atoms with E-state index in [2.05, 4.69) is 55.8 Å². The third-order valence-corrected chi connectivity index (χ3v) is 4.02. The van der Waals surface area contributed by atoms with E-state index in [1.54, 1.807) is 0 Å². The molecule has 0 spiro atoms. The molecule has 5 nitrogen and oxygen atoms in total. The number of hydrogen-bond acceptors (Lipinski definition) is 4. The van der Waals surface area contributed by atoms with Crippen LogP contribution in [0, 0.1) is 0 Å². The zero-order chi connectivity index (χ0) is 15.1. The molecule has 0 saturated carbocycles. The third-order valence-electron chi connectivity index (χ3n) is 4.02. The van der Waals surface area contributed by atoms with Gasteiger partial charge in [0.15, 0.2) is 5.96 Å². The third kappa shape index (κ3) is 2.53. The number of nitrogens with zero attached hydrogens (tertiary/aromatic N) is 4. The predicted octanol–water partition coefficient (Wildman–Crippen LogP) is 2.19. The molecule has 2 unspecified atom stereocenters. The molecule has 0 bridgehead atoms. The number of aryl methyl sites for hydroxylation is 1. The Morgan fingerprint density at radius 3 is 2.65 bits per heavy atom. The van der Waals surface area contributed by atoms with Crippen molar-refractivity contribution in [3.8, 4) is 0 Å². The Kier molecular flexibility index (Phi) is 3.80. The van der Waals surface area contributed by atoms with Crippen molar-refractivity contribution in [1.29, 1.82) is 0 Å². The minimum atomic E-state index is 0.0229. The maximum absolute atomic E-state index is 6.10. The average molecular weight is 277 g/mol. The molecule has 2 rings (SSSR count). The molecular formula is C15H27N5. The van der Waals surface area contributed by atoms with Gasteiger partial charge in [0.2, 0.25) is 0 Å². The summed E-state index contributed by atoms with van der Waals surface area (Å²) in [5.74, 6) is 0.660. The maximum atomic E-state index is 6.10. The van der Waals surface area contributed by atoms with Crippen LogP contribution < -0.4 is 5.73 Å². The first-order valence-electron chi connectivity index (χ1n) is 7.38. The number of rotatable bonds is 3. The summed E-state index contributed by atoms with van der Waals surface area (Å²) in [6.45, 7) is 11.7. The highest BCUT2D eigenvalue weighted by Gasteiger charge is 2.35. The van der Waals surface area contributed by atoms with Crippen molar-refractivity contribution in [3.63, 3.8) is 0 Å². The Balaban J connectivity index is 2.42. The quantitative estimate of drug-likeness (QED) is 0.921. The van der Waals surface area contributed by atoms with Crippen molar-refractivity contribution in [3.05, 3.63) is 17.5 Å². The first kappa shape index (κ1) is 14.9. The molecule has 1 aliphatic heterocycles. The van der Waals surface area contributed by atoms with E-state index in [0.29, 0.717) is 12.0 Å². The van der Waals surface area contributed by atoms with Crippen molar-refractivity contribution in [1.82, 2.24) is 14.7 Å². The number of nitrogens with two attached hydrogens (primary N) is 1. The molecule has 2 N–H and O–H groups in total. The molecule has 0 saturated heterocycles. The fraction of sp³-hybridized carbons (Fsp3) is 0.733. The zero-order valence-electron chi connectivity index (χ0n) is 13.5. The summed E-state index contributed by atoms with van der Waals surface area (Å²) in [5, 5.41) is 4.67. The SMILES string of the molecule is CCC(C)N1C(N)=NCC1c1cn(C)nc1C(C)(C)C. The highest BCUT2D eigenvalue weighted by Crippen LogP contribution is 2.34. The maximum Gasteiger partial charge on any atom is 0.192 e. The summed E-state index contributed by atoms with van der Waals surface area (Å²) in [4.78, 5) is 6.70. The van der Waals surface area contributed by atoms with Crippen LogP contribution >= 0.6 is 0 Å². The average Bonchev–Trinajstić information content (AvgIpc) is 2.91. The molecule has 1 aromatic rings. The van der Waals surface area contributed by atoms with Gasteiger partial charge in [-0.05, 0) is 13.3 Å². The predicted molar refractivity (Wildman–Crippen MR) is 82.7 cm³/mol. The molecule has 5 heteroatoms. The summed E-state index contributed by atoms with van der Waals surface area (Å²) in [7, 11) is 1.98. The van der Waals surface area contributed by atoms with Crippen LogP contribution in [0.3, 0.4) is 0 Å². The molecule has 0 radical (unpaired) electrons. The van der Waals surface area contributed by atoms with Gasteiger partial charge in [0, 0.05) is 30.3 Å².